The van der Waals surface area contributed by atoms with Crippen LogP contribution in [0.4, 0.5) is 0 Å². The molecule has 0 saturated carbocycles. The average Bonchev–Trinajstić information content (AvgIpc) is 2.95. The number of rotatable bonds is 5. The van der Waals surface area contributed by atoms with E-state index in [9.17, 15) is 13.2 Å². The molecule has 1 fully saturated rings. The van der Waals surface area contributed by atoms with Crippen LogP contribution in [0.2, 0.25) is 0 Å². The first-order chi connectivity index (χ1) is 10.3. The monoisotopic (exact) mass is 328 g/mol. The molecule has 0 radical (unpaired) electrons. The second-order valence-electron chi connectivity index (χ2n) is 5.76. The lowest BCUT2D eigenvalue weighted by molar-refractivity contribution is -0.126. The summed E-state index contributed by atoms with van der Waals surface area (Å²) in [7, 11) is -3.24. The highest BCUT2D eigenvalue weighted by atomic mass is 32.2. The highest BCUT2D eigenvalue weighted by molar-refractivity contribution is 7.88. The summed E-state index contributed by atoms with van der Waals surface area (Å²) in [6.45, 7) is 5.42. The van der Waals surface area contributed by atoms with Crippen molar-refractivity contribution in [3.8, 4) is 0 Å². The molecule has 0 spiro atoms. The Morgan fingerprint density at radius 2 is 2.27 bits per heavy atom. The van der Waals surface area contributed by atoms with Crippen molar-refractivity contribution >= 4 is 15.9 Å². The lowest BCUT2D eigenvalue weighted by atomic mass is 9.98. The largest absolute Gasteiger partial charge is 0.348 e. The number of carbonyl (C=O) groups is 1. The highest BCUT2D eigenvalue weighted by Crippen LogP contribution is 2.20. The Bertz CT molecular complexity index is 626. The highest BCUT2D eigenvalue weighted by Gasteiger charge is 2.30. The van der Waals surface area contributed by atoms with Crippen molar-refractivity contribution in [1.29, 1.82) is 0 Å². The minimum atomic E-state index is -3.24. The van der Waals surface area contributed by atoms with Crippen LogP contribution in [-0.2, 0) is 21.4 Å². The molecular formula is C14H24N4O3S. The van der Waals surface area contributed by atoms with Crippen LogP contribution in [0.3, 0.4) is 0 Å². The molecule has 1 aliphatic heterocycles. The molecule has 0 bridgehead atoms. The van der Waals surface area contributed by atoms with Crippen LogP contribution in [0, 0.1) is 5.92 Å². The van der Waals surface area contributed by atoms with Gasteiger partial charge in [0.25, 0.3) is 0 Å². The Morgan fingerprint density at radius 1 is 1.55 bits per heavy atom. The number of aryl methyl sites for hydroxylation is 1. The molecule has 124 valence electrons. The Kier molecular flexibility index (Phi) is 5.23. The zero-order valence-electron chi connectivity index (χ0n) is 13.3. The number of sulfonamides is 1. The molecule has 2 rings (SSSR count). The van der Waals surface area contributed by atoms with Crippen molar-refractivity contribution in [1.82, 2.24) is 19.4 Å². The molecule has 2 heterocycles. The third-order valence-corrected chi connectivity index (χ3v) is 5.34. The van der Waals surface area contributed by atoms with Crippen LogP contribution in [0.1, 0.15) is 38.4 Å². The van der Waals surface area contributed by atoms with E-state index >= 15 is 0 Å². The van der Waals surface area contributed by atoms with Crippen molar-refractivity contribution in [2.24, 2.45) is 5.92 Å². The van der Waals surface area contributed by atoms with Gasteiger partial charge in [-0.1, -0.05) is 0 Å². The maximum Gasteiger partial charge on any atom is 0.224 e. The summed E-state index contributed by atoms with van der Waals surface area (Å²) in [4.78, 5) is 12.4. The molecule has 22 heavy (non-hydrogen) atoms. The van der Waals surface area contributed by atoms with Gasteiger partial charge in [-0.15, -0.1) is 0 Å². The van der Waals surface area contributed by atoms with E-state index in [-0.39, 0.29) is 24.4 Å². The van der Waals surface area contributed by atoms with Crippen LogP contribution in [0.15, 0.2) is 12.3 Å². The first kappa shape index (κ1) is 17.0. The van der Waals surface area contributed by atoms with Crippen LogP contribution < -0.4 is 5.32 Å². The lowest BCUT2D eigenvalue weighted by Crippen LogP contribution is -2.45. The van der Waals surface area contributed by atoms with Crippen LogP contribution in [0.25, 0.3) is 0 Å². The van der Waals surface area contributed by atoms with Crippen molar-refractivity contribution in [3.63, 3.8) is 0 Å². The number of nitrogens with zero attached hydrogens (tertiary/aromatic N) is 3. The van der Waals surface area contributed by atoms with Gasteiger partial charge in [-0.25, -0.2) is 12.7 Å². The van der Waals surface area contributed by atoms with Crippen molar-refractivity contribution < 1.29 is 13.2 Å². The van der Waals surface area contributed by atoms with E-state index in [1.807, 2.05) is 24.6 Å². The van der Waals surface area contributed by atoms with Crippen molar-refractivity contribution in [3.05, 3.63) is 18.0 Å². The zero-order valence-corrected chi connectivity index (χ0v) is 14.1. The maximum atomic E-state index is 12.4. The van der Waals surface area contributed by atoms with Crippen LogP contribution >= 0.6 is 0 Å². The normalized spacial score (nSPS) is 21.5. The molecule has 1 aliphatic rings. The van der Waals surface area contributed by atoms with Gasteiger partial charge in [-0.05, 0) is 32.8 Å². The predicted octanol–water partition coefficient (Wildman–Crippen LogP) is 0.752. The number of aromatic nitrogens is 2. The topological polar surface area (TPSA) is 84.3 Å². The van der Waals surface area contributed by atoms with Gasteiger partial charge in [0.05, 0.1) is 23.9 Å². The fourth-order valence-corrected chi connectivity index (χ4v) is 3.75. The molecule has 1 saturated heterocycles. The van der Waals surface area contributed by atoms with Crippen LogP contribution in [-0.4, -0.2) is 47.8 Å². The average molecular weight is 328 g/mol. The minimum Gasteiger partial charge on any atom is -0.348 e. The third-order valence-electron chi connectivity index (χ3n) is 4.08. The fourth-order valence-electron chi connectivity index (χ4n) is 2.84. The van der Waals surface area contributed by atoms with Gasteiger partial charge in [0.2, 0.25) is 15.9 Å². The molecule has 1 aromatic heterocycles. The summed E-state index contributed by atoms with van der Waals surface area (Å²) >= 11 is 0. The van der Waals surface area contributed by atoms with Gasteiger partial charge < -0.3 is 5.32 Å². The van der Waals surface area contributed by atoms with Gasteiger partial charge in [0, 0.05) is 25.8 Å². The smallest absolute Gasteiger partial charge is 0.224 e. The SMILES string of the molecule is CCn1nccc1[C@@H](C)NC(=O)[C@H]1CCCN(S(C)(=O)=O)C1. The number of hydrogen-bond acceptors (Lipinski definition) is 4. The van der Waals surface area contributed by atoms with E-state index in [0.717, 1.165) is 18.7 Å². The van der Waals surface area contributed by atoms with Gasteiger partial charge in [-0.2, -0.15) is 5.10 Å². The summed E-state index contributed by atoms with van der Waals surface area (Å²) in [5.41, 5.74) is 0.951. The summed E-state index contributed by atoms with van der Waals surface area (Å²) in [6.07, 6.45) is 4.34. The fraction of sp³-hybridized carbons (Fsp3) is 0.714. The van der Waals surface area contributed by atoms with E-state index in [0.29, 0.717) is 13.0 Å². The quantitative estimate of drug-likeness (QED) is 0.864. The molecule has 2 atom stereocenters. The summed E-state index contributed by atoms with van der Waals surface area (Å²) in [5.74, 6) is -0.381. The lowest BCUT2D eigenvalue weighted by Gasteiger charge is -2.30. The first-order valence-electron chi connectivity index (χ1n) is 7.60. The van der Waals surface area contributed by atoms with E-state index in [1.165, 1.54) is 10.6 Å². The molecule has 8 heteroatoms. The van der Waals surface area contributed by atoms with E-state index in [4.69, 9.17) is 0 Å². The molecule has 1 N–H and O–H groups in total. The van der Waals surface area contributed by atoms with Crippen molar-refractivity contribution in [2.75, 3.05) is 19.3 Å². The maximum absolute atomic E-state index is 12.4. The van der Waals surface area contributed by atoms with Gasteiger partial charge in [0.15, 0.2) is 0 Å². The van der Waals surface area contributed by atoms with Crippen LogP contribution in [0.5, 0.6) is 0 Å². The van der Waals surface area contributed by atoms with Gasteiger partial charge in [0.1, 0.15) is 0 Å². The molecule has 1 aromatic rings. The van der Waals surface area contributed by atoms with E-state index in [2.05, 4.69) is 10.4 Å². The zero-order chi connectivity index (χ0) is 16.3. The predicted molar refractivity (Wildman–Crippen MR) is 83.6 cm³/mol. The molecule has 0 aromatic carbocycles. The third kappa shape index (κ3) is 3.86. The second-order valence-corrected chi connectivity index (χ2v) is 7.74. The summed E-state index contributed by atoms with van der Waals surface area (Å²) < 4.78 is 26.5. The summed E-state index contributed by atoms with van der Waals surface area (Å²) in [5, 5.41) is 7.18. The number of carbonyl (C=O) groups excluding carboxylic acids is 1. The van der Waals surface area contributed by atoms with E-state index in [1.54, 1.807) is 6.20 Å². The molecular weight excluding hydrogens is 304 g/mol. The summed E-state index contributed by atoms with van der Waals surface area (Å²) in [6, 6.07) is 1.74. The Balaban J connectivity index is 2.00. The van der Waals surface area contributed by atoms with Gasteiger partial charge >= 0.3 is 0 Å². The molecule has 0 aliphatic carbocycles. The Morgan fingerprint density at radius 3 is 2.91 bits per heavy atom. The Hall–Kier alpha value is -1.41. The Labute approximate surface area is 131 Å². The number of nitrogens with one attached hydrogen (secondary N) is 1. The minimum absolute atomic E-state index is 0.0929. The van der Waals surface area contributed by atoms with E-state index < -0.39 is 10.0 Å². The first-order valence-corrected chi connectivity index (χ1v) is 9.45. The molecule has 7 nitrogen and oxygen atoms in total. The number of hydrogen-bond donors (Lipinski definition) is 1. The second kappa shape index (κ2) is 6.78. The number of piperidine rings is 1. The number of amides is 1. The molecule has 1 amide bonds. The van der Waals surface area contributed by atoms with Crippen molar-refractivity contribution in [2.45, 2.75) is 39.3 Å². The standard InChI is InChI=1S/C14H24N4O3S/c1-4-18-13(7-8-15-18)11(2)16-14(19)12-6-5-9-17(10-12)22(3,20)21/h7-8,11-12H,4-6,9-10H2,1-3H3,(H,16,19)/t11-,12+/m1/s1. The molecule has 0 unspecified atom stereocenters. The van der Waals surface area contributed by atoms with Gasteiger partial charge in [-0.3, -0.25) is 9.48 Å².